The van der Waals surface area contributed by atoms with E-state index in [0.717, 1.165) is 5.56 Å². The third-order valence-electron chi connectivity index (χ3n) is 3.48. The quantitative estimate of drug-likeness (QED) is 0.575. The van der Waals surface area contributed by atoms with E-state index in [1.54, 1.807) is 18.2 Å². The minimum absolute atomic E-state index is 0.377. The highest BCUT2D eigenvalue weighted by Gasteiger charge is 2.44. The summed E-state index contributed by atoms with van der Waals surface area (Å²) in [6, 6.07) is 5.06. The van der Waals surface area contributed by atoms with E-state index < -0.39 is 37.3 Å². The van der Waals surface area contributed by atoms with Crippen molar-refractivity contribution in [1.82, 2.24) is 0 Å². The molecule has 0 radical (unpaired) electrons. The van der Waals surface area contributed by atoms with Crippen LogP contribution in [0.25, 0.3) is 0 Å². The van der Waals surface area contributed by atoms with Crippen molar-refractivity contribution in [2.24, 2.45) is 0 Å². The van der Waals surface area contributed by atoms with Crippen molar-refractivity contribution < 1.29 is 34.6 Å². The molecule has 0 saturated carbocycles. The molecule has 0 spiro atoms. The van der Waals surface area contributed by atoms with Crippen LogP contribution in [0.3, 0.4) is 0 Å². The number of benzene rings is 1. The van der Waals surface area contributed by atoms with E-state index in [0.29, 0.717) is 11.5 Å². The Hall–Kier alpha value is -1.38. The number of hydrogen-bond acceptors (Lipinski definition) is 7. The summed E-state index contributed by atoms with van der Waals surface area (Å²) in [6.07, 6.45) is -6.51. The average molecular weight is 300 g/mol. The Kier molecular flexibility index (Phi) is 5.02. The van der Waals surface area contributed by atoms with Crippen LogP contribution in [0, 0.1) is 6.92 Å². The van der Waals surface area contributed by atoms with Gasteiger partial charge >= 0.3 is 0 Å². The topological polar surface area (TPSA) is 109 Å². The van der Waals surface area contributed by atoms with Gasteiger partial charge in [-0.25, -0.2) is 0 Å². The molecule has 0 aromatic heterocycles. The highest BCUT2D eigenvalue weighted by molar-refractivity contribution is 5.39. The van der Waals surface area contributed by atoms with Crippen molar-refractivity contribution in [3.05, 3.63) is 23.8 Å². The van der Waals surface area contributed by atoms with Gasteiger partial charge in [-0.2, -0.15) is 0 Å². The fourth-order valence-corrected chi connectivity index (χ4v) is 2.17. The second kappa shape index (κ2) is 6.59. The van der Waals surface area contributed by atoms with Gasteiger partial charge in [0.15, 0.2) is 0 Å². The van der Waals surface area contributed by atoms with Crippen molar-refractivity contribution in [3.8, 4) is 11.5 Å². The molecule has 0 bridgehead atoms. The van der Waals surface area contributed by atoms with Gasteiger partial charge in [0.05, 0.1) is 13.7 Å². The molecule has 1 fully saturated rings. The van der Waals surface area contributed by atoms with Crippen molar-refractivity contribution in [1.29, 1.82) is 0 Å². The summed E-state index contributed by atoms with van der Waals surface area (Å²) >= 11 is 0. The molecule has 7 nitrogen and oxygen atoms in total. The van der Waals surface area contributed by atoms with Gasteiger partial charge in [-0.1, -0.05) is 6.07 Å². The van der Waals surface area contributed by atoms with Gasteiger partial charge < -0.3 is 34.6 Å². The summed E-state index contributed by atoms with van der Waals surface area (Å²) in [6.45, 7) is 1.37. The van der Waals surface area contributed by atoms with Gasteiger partial charge in [0.25, 0.3) is 0 Å². The summed E-state index contributed by atoms with van der Waals surface area (Å²) in [4.78, 5) is 0. The fourth-order valence-electron chi connectivity index (χ4n) is 2.17. The third kappa shape index (κ3) is 3.28. The van der Waals surface area contributed by atoms with Gasteiger partial charge in [0.2, 0.25) is 6.29 Å². The van der Waals surface area contributed by atoms with Gasteiger partial charge in [-0.05, 0) is 18.6 Å². The Morgan fingerprint density at radius 3 is 2.48 bits per heavy atom. The smallest absolute Gasteiger partial charge is 0.229 e. The number of hydrogen-bond donors (Lipinski definition) is 4. The Labute approximate surface area is 122 Å². The first-order valence-electron chi connectivity index (χ1n) is 6.59. The minimum atomic E-state index is -1.46. The van der Waals surface area contributed by atoms with Crippen LogP contribution in [0.15, 0.2) is 18.2 Å². The molecule has 1 aromatic rings. The maximum Gasteiger partial charge on any atom is 0.229 e. The zero-order valence-electron chi connectivity index (χ0n) is 11.8. The number of aliphatic hydroxyl groups is 4. The molecular formula is C14H20O7. The maximum absolute atomic E-state index is 9.89. The van der Waals surface area contributed by atoms with Crippen LogP contribution in [-0.4, -0.2) is 64.8 Å². The SMILES string of the molecule is COc1cc(O[C@@H]2O[C@@H](CO)[C@H](O)[C@@H](O)[C@@H]2O)ccc1C. The summed E-state index contributed by atoms with van der Waals surface area (Å²) < 4.78 is 15.9. The van der Waals surface area contributed by atoms with Crippen LogP contribution in [0.2, 0.25) is 0 Å². The van der Waals surface area contributed by atoms with Crippen LogP contribution in [0.4, 0.5) is 0 Å². The van der Waals surface area contributed by atoms with Gasteiger partial charge in [-0.15, -0.1) is 0 Å². The Morgan fingerprint density at radius 2 is 1.86 bits per heavy atom. The molecular weight excluding hydrogens is 280 g/mol. The first-order chi connectivity index (χ1) is 9.97. The van der Waals surface area contributed by atoms with Crippen molar-refractivity contribution in [2.45, 2.75) is 37.6 Å². The molecule has 7 heteroatoms. The fraction of sp³-hybridized carbons (Fsp3) is 0.571. The molecule has 5 atom stereocenters. The van der Waals surface area contributed by atoms with E-state index in [-0.39, 0.29) is 0 Å². The minimum Gasteiger partial charge on any atom is -0.496 e. The highest BCUT2D eigenvalue weighted by atomic mass is 16.7. The largest absolute Gasteiger partial charge is 0.496 e. The first-order valence-corrected chi connectivity index (χ1v) is 6.59. The van der Waals surface area contributed by atoms with Gasteiger partial charge in [0.1, 0.15) is 35.9 Å². The standard InChI is InChI=1S/C14H20O7/c1-7-3-4-8(5-9(7)19-2)20-14-13(18)12(17)11(16)10(6-15)21-14/h3-5,10-18H,6H2,1-2H3/t10-,11-,12+,13-,14+/m0/s1. The zero-order valence-corrected chi connectivity index (χ0v) is 11.8. The van der Waals surface area contributed by atoms with Crippen LogP contribution in [0.5, 0.6) is 11.5 Å². The number of aliphatic hydroxyl groups excluding tert-OH is 4. The predicted molar refractivity (Wildman–Crippen MR) is 72.1 cm³/mol. The van der Waals surface area contributed by atoms with E-state index in [4.69, 9.17) is 19.3 Å². The molecule has 1 aliphatic rings. The summed E-state index contributed by atoms with van der Waals surface area (Å²) in [7, 11) is 1.53. The lowest BCUT2D eigenvalue weighted by molar-refractivity contribution is -0.277. The van der Waals surface area contributed by atoms with E-state index in [1.165, 1.54) is 7.11 Å². The molecule has 1 saturated heterocycles. The number of methoxy groups -OCH3 is 1. The molecule has 1 aromatic carbocycles. The van der Waals surface area contributed by atoms with Crippen LogP contribution >= 0.6 is 0 Å². The molecule has 0 amide bonds. The molecule has 21 heavy (non-hydrogen) atoms. The molecule has 0 aliphatic carbocycles. The van der Waals surface area contributed by atoms with Crippen molar-refractivity contribution in [3.63, 3.8) is 0 Å². The lowest BCUT2D eigenvalue weighted by atomic mass is 9.99. The average Bonchev–Trinajstić information content (AvgIpc) is 2.49. The monoisotopic (exact) mass is 300 g/mol. The van der Waals surface area contributed by atoms with E-state index >= 15 is 0 Å². The molecule has 4 N–H and O–H groups in total. The van der Waals surface area contributed by atoms with Crippen molar-refractivity contribution >= 4 is 0 Å². The Bertz CT molecular complexity index is 476. The molecule has 118 valence electrons. The van der Waals surface area contributed by atoms with Crippen molar-refractivity contribution in [2.75, 3.05) is 13.7 Å². The summed E-state index contributed by atoms with van der Waals surface area (Å²) in [5, 5.41) is 38.4. The molecule has 2 rings (SSSR count). The first kappa shape index (κ1) is 16.0. The highest BCUT2D eigenvalue weighted by Crippen LogP contribution is 2.28. The van der Waals surface area contributed by atoms with E-state index in [2.05, 4.69) is 0 Å². The van der Waals surface area contributed by atoms with E-state index in [9.17, 15) is 15.3 Å². The Balaban J connectivity index is 2.14. The van der Waals surface area contributed by atoms with Gasteiger partial charge in [0, 0.05) is 6.07 Å². The molecule has 0 unspecified atom stereocenters. The second-order valence-electron chi connectivity index (χ2n) is 4.95. The maximum atomic E-state index is 9.89. The van der Waals surface area contributed by atoms with Crippen LogP contribution < -0.4 is 9.47 Å². The number of aryl methyl sites for hydroxylation is 1. The van der Waals surface area contributed by atoms with Crippen LogP contribution in [0.1, 0.15) is 5.56 Å². The molecule has 1 heterocycles. The number of rotatable bonds is 4. The van der Waals surface area contributed by atoms with Crippen LogP contribution in [-0.2, 0) is 4.74 Å². The summed E-state index contributed by atoms with van der Waals surface area (Å²) in [5.74, 6) is 0.985. The zero-order chi connectivity index (χ0) is 15.6. The summed E-state index contributed by atoms with van der Waals surface area (Å²) in [5.41, 5.74) is 0.915. The second-order valence-corrected chi connectivity index (χ2v) is 4.95. The van der Waals surface area contributed by atoms with E-state index in [1.807, 2.05) is 6.92 Å². The van der Waals surface area contributed by atoms with Gasteiger partial charge in [-0.3, -0.25) is 0 Å². The number of ether oxygens (including phenoxy) is 3. The predicted octanol–water partition coefficient (Wildman–Crippen LogP) is -0.818. The Morgan fingerprint density at radius 1 is 1.14 bits per heavy atom. The lowest BCUT2D eigenvalue weighted by Crippen LogP contribution is -2.60. The third-order valence-corrected chi connectivity index (χ3v) is 3.48. The lowest BCUT2D eigenvalue weighted by Gasteiger charge is -2.39. The normalized spacial score (nSPS) is 32.8. The molecule has 1 aliphatic heterocycles.